The second-order valence-electron chi connectivity index (χ2n) is 4.37. The molecule has 1 aromatic carbocycles. The Bertz CT molecular complexity index is 637. The Hall–Kier alpha value is -1.40. The van der Waals surface area contributed by atoms with E-state index in [1.54, 1.807) is 6.33 Å². The highest BCUT2D eigenvalue weighted by molar-refractivity contribution is 7.99. The number of thioether (sulfide) groups is 1. The van der Waals surface area contributed by atoms with Crippen molar-refractivity contribution < 1.29 is 0 Å². The van der Waals surface area contributed by atoms with Crippen molar-refractivity contribution in [3.05, 3.63) is 42.0 Å². The highest BCUT2D eigenvalue weighted by atomic mass is 32.2. The van der Waals surface area contributed by atoms with Gasteiger partial charge in [-0.2, -0.15) is 0 Å². The smallest absolute Gasteiger partial charge is 0.161 e. The minimum absolute atomic E-state index is 0.248. The molecule has 3 heterocycles. The maximum absolute atomic E-state index is 5.65. The summed E-state index contributed by atoms with van der Waals surface area (Å²) < 4.78 is 2.07. The second-order valence-corrected chi connectivity index (χ2v) is 5.75. The average molecular weight is 274 g/mol. The molecular formula is C12H10N4S2. The quantitative estimate of drug-likeness (QED) is 0.686. The zero-order valence-electron chi connectivity index (χ0n) is 9.48. The fourth-order valence-corrected chi connectivity index (χ4v) is 4.14. The molecule has 4 nitrogen and oxygen atoms in total. The lowest BCUT2D eigenvalue weighted by Gasteiger charge is -2.22. The van der Waals surface area contributed by atoms with Crippen LogP contribution < -0.4 is 0 Å². The Labute approximate surface area is 114 Å². The number of nitrogens with zero attached hydrogens (tertiary/aromatic N) is 4. The number of rotatable bonds is 0. The van der Waals surface area contributed by atoms with Gasteiger partial charge in [0.1, 0.15) is 17.4 Å². The van der Waals surface area contributed by atoms with Crippen LogP contribution in [0.3, 0.4) is 0 Å². The van der Waals surface area contributed by atoms with Crippen LogP contribution in [0.2, 0.25) is 0 Å². The number of fused-ring (bicyclic) bond motifs is 5. The summed E-state index contributed by atoms with van der Waals surface area (Å²) in [5.74, 6) is 2.95. The van der Waals surface area contributed by atoms with E-state index in [4.69, 9.17) is 12.2 Å². The first kappa shape index (κ1) is 10.5. The van der Waals surface area contributed by atoms with Crippen molar-refractivity contribution in [3.8, 4) is 5.69 Å². The van der Waals surface area contributed by atoms with Gasteiger partial charge in [-0.1, -0.05) is 24.4 Å². The van der Waals surface area contributed by atoms with Crippen LogP contribution in [-0.2, 0) is 0 Å². The zero-order valence-corrected chi connectivity index (χ0v) is 11.1. The van der Waals surface area contributed by atoms with Crippen molar-refractivity contribution in [1.29, 1.82) is 0 Å². The van der Waals surface area contributed by atoms with Gasteiger partial charge in [0, 0.05) is 11.3 Å². The van der Waals surface area contributed by atoms with E-state index in [0.717, 1.165) is 33.7 Å². The number of aromatic nitrogens is 3. The van der Waals surface area contributed by atoms with Gasteiger partial charge in [-0.15, -0.1) is 22.0 Å². The maximum Gasteiger partial charge on any atom is 0.161 e. The highest BCUT2D eigenvalue weighted by Gasteiger charge is 2.36. The fraction of sp³-hybridized carbons (Fsp3) is 0.250. The zero-order chi connectivity index (χ0) is 12.1. The Kier molecular flexibility index (Phi) is 2.22. The average Bonchev–Trinajstić information content (AvgIpc) is 3.04. The minimum atomic E-state index is 0.248. The Morgan fingerprint density at radius 1 is 1.33 bits per heavy atom. The van der Waals surface area contributed by atoms with Gasteiger partial charge in [0.15, 0.2) is 5.82 Å². The predicted octanol–water partition coefficient (Wildman–Crippen LogP) is 2.00. The third kappa shape index (κ3) is 1.30. The summed E-state index contributed by atoms with van der Waals surface area (Å²) >= 11 is 7.54. The van der Waals surface area contributed by atoms with Crippen molar-refractivity contribution in [1.82, 2.24) is 19.7 Å². The molecule has 0 radical (unpaired) electrons. The number of thiocarbonyl (C=S) groups is 1. The van der Waals surface area contributed by atoms with Crippen LogP contribution in [0.1, 0.15) is 17.4 Å². The molecular weight excluding hydrogens is 264 g/mol. The number of hydrogen-bond donors (Lipinski definition) is 0. The molecule has 1 atom stereocenters. The fourth-order valence-electron chi connectivity index (χ4n) is 2.53. The van der Waals surface area contributed by atoms with Crippen LogP contribution in [0.4, 0.5) is 0 Å². The SMILES string of the molecule is S=C1c2ccccc2-n2cnnc2C2CSCN12. The molecule has 4 rings (SSSR count). The summed E-state index contributed by atoms with van der Waals surface area (Å²) in [6.07, 6.45) is 1.78. The van der Waals surface area contributed by atoms with E-state index < -0.39 is 0 Å². The van der Waals surface area contributed by atoms with Gasteiger partial charge in [-0.05, 0) is 12.1 Å². The number of hydrogen-bond acceptors (Lipinski definition) is 4. The Morgan fingerprint density at radius 3 is 3.17 bits per heavy atom. The molecule has 6 heteroatoms. The van der Waals surface area contributed by atoms with Gasteiger partial charge < -0.3 is 4.90 Å². The molecule has 0 amide bonds. The molecule has 2 aliphatic heterocycles. The molecule has 1 unspecified atom stereocenters. The first-order valence-corrected chi connectivity index (χ1v) is 7.30. The molecule has 18 heavy (non-hydrogen) atoms. The number of benzene rings is 1. The lowest BCUT2D eigenvalue weighted by atomic mass is 10.1. The molecule has 0 N–H and O–H groups in total. The summed E-state index contributed by atoms with van der Waals surface area (Å²) in [6, 6.07) is 8.45. The van der Waals surface area contributed by atoms with Crippen LogP contribution in [-0.4, -0.2) is 36.3 Å². The molecule has 0 aliphatic carbocycles. The first-order chi connectivity index (χ1) is 8.86. The summed E-state index contributed by atoms with van der Waals surface area (Å²) in [5, 5.41) is 8.35. The molecule has 1 aromatic heterocycles. The molecule has 1 saturated heterocycles. The number of para-hydroxylation sites is 1. The molecule has 2 aliphatic rings. The summed E-state index contributed by atoms with van der Waals surface area (Å²) in [5.41, 5.74) is 2.18. The van der Waals surface area contributed by atoms with E-state index in [9.17, 15) is 0 Å². The molecule has 0 saturated carbocycles. The van der Waals surface area contributed by atoms with Crippen LogP contribution in [0, 0.1) is 0 Å². The molecule has 0 spiro atoms. The van der Waals surface area contributed by atoms with Gasteiger partial charge in [0.2, 0.25) is 0 Å². The van der Waals surface area contributed by atoms with Crippen molar-refractivity contribution >= 4 is 29.0 Å². The molecule has 1 fully saturated rings. The van der Waals surface area contributed by atoms with Crippen LogP contribution in [0.25, 0.3) is 5.69 Å². The van der Waals surface area contributed by atoms with Crippen molar-refractivity contribution in [3.63, 3.8) is 0 Å². The van der Waals surface area contributed by atoms with E-state index in [1.807, 2.05) is 23.9 Å². The Morgan fingerprint density at radius 2 is 2.22 bits per heavy atom. The maximum atomic E-state index is 5.65. The van der Waals surface area contributed by atoms with Gasteiger partial charge in [-0.3, -0.25) is 4.57 Å². The van der Waals surface area contributed by atoms with E-state index in [0.29, 0.717) is 0 Å². The van der Waals surface area contributed by atoms with Gasteiger partial charge in [0.25, 0.3) is 0 Å². The summed E-state index contributed by atoms with van der Waals surface area (Å²) in [7, 11) is 0. The van der Waals surface area contributed by atoms with Gasteiger partial charge in [0.05, 0.1) is 11.6 Å². The minimum Gasteiger partial charge on any atom is -0.342 e. The van der Waals surface area contributed by atoms with Crippen molar-refractivity contribution in [2.75, 3.05) is 11.6 Å². The lowest BCUT2D eigenvalue weighted by molar-refractivity contribution is 0.405. The van der Waals surface area contributed by atoms with Crippen molar-refractivity contribution in [2.45, 2.75) is 6.04 Å². The standard InChI is InChI=1S/C12H10N4S2/c17-12-8-3-1-2-4-9(8)15-6-13-14-11(15)10-5-18-7-16(10)12/h1-4,6,10H,5,7H2. The topological polar surface area (TPSA) is 34.0 Å². The largest absolute Gasteiger partial charge is 0.342 e. The highest BCUT2D eigenvalue weighted by Crippen LogP contribution is 2.38. The van der Waals surface area contributed by atoms with Crippen LogP contribution in [0.15, 0.2) is 30.6 Å². The molecule has 0 bridgehead atoms. The van der Waals surface area contributed by atoms with E-state index in [-0.39, 0.29) is 6.04 Å². The van der Waals surface area contributed by atoms with Crippen molar-refractivity contribution in [2.24, 2.45) is 0 Å². The van der Waals surface area contributed by atoms with Gasteiger partial charge in [-0.25, -0.2) is 0 Å². The molecule has 2 aromatic rings. The van der Waals surface area contributed by atoms with E-state index in [1.165, 1.54) is 0 Å². The predicted molar refractivity (Wildman–Crippen MR) is 75.0 cm³/mol. The molecule has 90 valence electrons. The Balaban J connectivity index is 2.04. The van der Waals surface area contributed by atoms with Crippen LogP contribution in [0.5, 0.6) is 0 Å². The van der Waals surface area contributed by atoms with E-state index >= 15 is 0 Å². The summed E-state index contributed by atoms with van der Waals surface area (Å²) in [6.45, 7) is 0. The normalized spacial score (nSPS) is 21.2. The third-order valence-electron chi connectivity index (χ3n) is 3.41. The summed E-state index contributed by atoms with van der Waals surface area (Å²) in [4.78, 5) is 3.18. The van der Waals surface area contributed by atoms with E-state index in [2.05, 4.69) is 31.8 Å². The second kappa shape index (κ2) is 3.80. The van der Waals surface area contributed by atoms with Gasteiger partial charge >= 0.3 is 0 Å². The van der Waals surface area contributed by atoms with Crippen LogP contribution >= 0.6 is 24.0 Å². The third-order valence-corrected chi connectivity index (χ3v) is 4.88. The monoisotopic (exact) mass is 274 g/mol. The lowest BCUT2D eigenvalue weighted by Crippen LogP contribution is -2.29. The first-order valence-electron chi connectivity index (χ1n) is 5.74.